The highest BCUT2D eigenvalue weighted by Crippen LogP contribution is 2.45. The van der Waals surface area contributed by atoms with Crippen molar-refractivity contribution in [2.24, 2.45) is 0 Å². The molecule has 0 unspecified atom stereocenters. The van der Waals surface area contributed by atoms with Gasteiger partial charge in [0, 0.05) is 21.7 Å². The molecule has 0 spiro atoms. The number of hydrogen-bond acceptors (Lipinski definition) is 1. The summed E-state index contributed by atoms with van der Waals surface area (Å²) in [4.78, 5) is 0. The first-order valence-corrected chi connectivity index (χ1v) is 7.89. The molecule has 1 nitrogen and oxygen atoms in total. The van der Waals surface area contributed by atoms with Gasteiger partial charge in [-0.05, 0) is 41.5 Å². The van der Waals surface area contributed by atoms with E-state index in [9.17, 15) is 4.39 Å². The van der Waals surface area contributed by atoms with Crippen LogP contribution in [0.25, 0.3) is 22.3 Å². The van der Waals surface area contributed by atoms with Gasteiger partial charge in [-0.25, -0.2) is 4.39 Å². The molecule has 1 aliphatic rings. The largest absolute Gasteiger partial charge is 0.488 e. The van der Waals surface area contributed by atoms with Gasteiger partial charge in [0.1, 0.15) is 18.2 Å². The molecule has 4 heteroatoms. The smallest absolute Gasteiger partial charge is 0.129 e. The van der Waals surface area contributed by atoms with Gasteiger partial charge in [-0.15, -0.1) is 0 Å². The highest BCUT2D eigenvalue weighted by molar-refractivity contribution is 6.36. The van der Waals surface area contributed by atoms with Crippen LogP contribution < -0.4 is 4.74 Å². The first-order valence-electron chi connectivity index (χ1n) is 7.13. The fourth-order valence-corrected chi connectivity index (χ4v) is 3.41. The molecule has 0 radical (unpaired) electrons. The van der Waals surface area contributed by atoms with Crippen molar-refractivity contribution in [1.29, 1.82) is 0 Å². The third kappa shape index (κ3) is 2.48. The summed E-state index contributed by atoms with van der Waals surface area (Å²) in [5.74, 6) is 0.458. The minimum absolute atomic E-state index is 0.267. The van der Waals surface area contributed by atoms with Crippen LogP contribution in [0, 0.1) is 5.82 Å². The molecule has 4 rings (SSSR count). The van der Waals surface area contributed by atoms with E-state index in [2.05, 4.69) is 0 Å². The minimum Gasteiger partial charge on any atom is -0.488 e. The Kier molecular flexibility index (Phi) is 3.51. The SMILES string of the molecule is Fc1ccc(-c2ccc3c(c2Cl)-c2ccc(Cl)cc2OC3)cc1. The molecule has 1 heterocycles. The summed E-state index contributed by atoms with van der Waals surface area (Å²) in [5.41, 5.74) is 4.64. The van der Waals surface area contributed by atoms with E-state index in [-0.39, 0.29) is 5.82 Å². The molecule has 0 atom stereocenters. The minimum atomic E-state index is -0.267. The average Bonchev–Trinajstić information content (AvgIpc) is 2.56. The molecule has 0 saturated heterocycles. The van der Waals surface area contributed by atoms with E-state index in [1.54, 1.807) is 18.2 Å². The fraction of sp³-hybridized carbons (Fsp3) is 0.0526. The molecule has 0 fully saturated rings. The summed E-state index contributed by atoms with van der Waals surface area (Å²) < 4.78 is 18.9. The van der Waals surface area contributed by atoms with E-state index in [0.29, 0.717) is 16.7 Å². The highest BCUT2D eigenvalue weighted by Gasteiger charge is 2.22. The summed E-state index contributed by atoms with van der Waals surface area (Å²) in [6.07, 6.45) is 0. The molecule has 0 amide bonds. The van der Waals surface area contributed by atoms with Crippen LogP contribution in [0.4, 0.5) is 4.39 Å². The number of halogens is 3. The predicted octanol–water partition coefficient (Wildman–Crippen LogP) is 6.36. The van der Waals surface area contributed by atoms with Crippen molar-refractivity contribution in [1.82, 2.24) is 0 Å². The Morgan fingerprint density at radius 2 is 1.61 bits per heavy atom. The van der Waals surface area contributed by atoms with Crippen molar-refractivity contribution >= 4 is 23.2 Å². The van der Waals surface area contributed by atoms with Crippen molar-refractivity contribution in [3.63, 3.8) is 0 Å². The second-order valence-electron chi connectivity index (χ2n) is 5.40. The number of hydrogen-bond donors (Lipinski definition) is 0. The number of rotatable bonds is 1. The summed E-state index contributed by atoms with van der Waals surface area (Å²) >= 11 is 12.7. The maximum atomic E-state index is 13.1. The molecule has 3 aromatic carbocycles. The van der Waals surface area contributed by atoms with Gasteiger partial charge >= 0.3 is 0 Å². The second kappa shape index (κ2) is 5.55. The van der Waals surface area contributed by atoms with Gasteiger partial charge in [0.05, 0.1) is 5.02 Å². The topological polar surface area (TPSA) is 9.23 Å². The first-order chi connectivity index (χ1) is 11.1. The molecule has 0 aliphatic carbocycles. The predicted molar refractivity (Wildman–Crippen MR) is 91.6 cm³/mol. The van der Waals surface area contributed by atoms with E-state index < -0.39 is 0 Å². The second-order valence-corrected chi connectivity index (χ2v) is 6.21. The average molecular weight is 345 g/mol. The fourth-order valence-electron chi connectivity index (χ4n) is 2.86. The highest BCUT2D eigenvalue weighted by atomic mass is 35.5. The standard InChI is InChI=1S/C19H11Cl2FO/c20-13-4-8-16-17(9-13)23-10-12-3-7-15(19(21)18(12)16)11-1-5-14(22)6-2-11/h1-9H,10H2. The van der Waals surface area contributed by atoms with Crippen molar-refractivity contribution in [2.75, 3.05) is 0 Å². The van der Waals surface area contributed by atoms with E-state index in [0.717, 1.165) is 33.6 Å². The Bertz CT molecular complexity index is 904. The Morgan fingerprint density at radius 1 is 0.870 bits per heavy atom. The van der Waals surface area contributed by atoms with E-state index in [1.165, 1.54) is 12.1 Å². The van der Waals surface area contributed by atoms with Gasteiger partial charge in [-0.1, -0.05) is 47.5 Å². The van der Waals surface area contributed by atoms with Crippen LogP contribution in [0.2, 0.25) is 10.0 Å². The molecule has 0 N–H and O–H groups in total. The summed E-state index contributed by atoms with van der Waals surface area (Å²) in [5, 5.41) is 1.26. The zero-order valence-electron chi connectivity index (χ0n) is 11.9. The maximum absolute atomic E-state index is 13.1. The summed E-state index contributed by atoms with van der Waals surface area (Å²) in [6, 6.07) is 15.8. The van der Waals surface area contributed by atoms with E-state index in [4.69, 9.17) is 27.9 Å². The molecular formula is C19H11Cl2FO. The van der Waals surface area contributed by atoms with Gasteiger partial charge in [0.2, 0.25) is 0 Å². The Labute approximate surface area is 143 Å². The lowest BCUT2D eigenvalue weighted by Crippen LogP contribution is -2.06. The van der Waals surface area contributed by atoms with Crippen LogP contribution in [0.15, 0.2) is 54.6 Å². The van der Waals surface area contributed by atoms with Crippen LogP contribution in [-0.2, 0) is 6.61 Å². The number of benzene rings is 3. The Morgan fingerprint density at radius 3 is 2.39 bits per heavy atom. The molecule has 0 aromatic heterocycles. The van der Waals surface area contributed by atoms with Crippen LogP contribution >= 0.6 is 23.2 Å². The van der Waals surface area contributed by atoms with E-state index >= 15 is 0 Å². The molecule has 0 bridgehead atoms. The quantitative estimate of drug-likeness (QED) is 0.499. The lowest BCUT2D eigenvalue weighted by atomic mass is 9.92. The van der Waals surface area contributed by atoms with Gasteiger partial charge in [-0.2, -0.15) is 0 Å². The summed E-state index contributed by atoms with van der Waals surface area (Å²) in [6.45, 7) is 0.450. The van der Waals surface area contributed by atoms with Crippen LogP contribution in [-0.4, -0.2) is 0 Å². The lowest BCUT2D eigenvalue weighted by Gasteiger charge is -2.23. The third-order valence-corrected chi connectivity index (χ3v) is 4.61. The van der Waals surface area contributed by atoms with Gasteiger partial charge in [0.25, 0.3) is 0 Å². The van der Waals surface area contributed by atoms with Crippen molar-refractivity contribution in [2.45, 2.75) is 6.61 Å². The summed E-state index contributed by atoms with van der Waals surface area (Å²) in [7, 11) is 0. The number of ether oxygens (including phenoxy) is 1. The van der Waals surface area contributed by atoms with E-state index in [1.807, 2.05) is 24.3 Å². The zero-order valence-corrected chi connectivity index (χ0v) is 13.5. The molecule has 0 saturated carbocycles. The van der Waals surface area contributed by atoms with Crippen molar-refractivity contribution in [3.05, 3.63) is 76.0 Å². The zero-order chi connectivity index (χ0) is 16.0. The van der Waals surface area contributed by atoms with Gasteiger partial charge in [0.15, 0.2) is 0 Å². The molecule has 114 valence electrons. The normalized spacial score (nSPS) is 12.3. The third-order valence-electron chi connectivity index (χ3n) is 3.98. The van der Waals surface area contributed by atoms with Crippen molar-refractivity contribution < 1.29 is 9.13 Å². The maximum Gasteiger partial charge on any atom is 0.129 e. The monoisotopic (exact) mass is 344 g/mol. The van der Waals surface area contributed by atoms with Crippen LogP contribution in [0.3, 0.4) is 0 Å². The van der Waals surface area contributed by atoms with Gasteiger partial charge in [-0.3, -0.25) is 0 Å². The molecular weight excluding hydrogens is 334 g/mol. The van der Waals surface area contributed by atoms with Crippen LogP contribution in [0.5, 0.6) is 5.75 Å². The van der Waals surface area contributed by atoms with Crippen molar-refractivity contribution in [3.8, 4) is 28.0 Å². The van der Waals surface area contributed by atoms with Gasteiger partial charge < -0.3 is 4.74 Å². The number of fused-ring (bicyclic) bond motifs is 3. The molecule has 23 heavy (non-hydrogen) atoms. The first kappa shape index (κ1) is 14.6. The van der Waals surface area contributed by atoms with Crippen LogP contribution in [0.1, 0.15) is 5.56 Å². The Balaban J connectivity index is 1.93. The Hall–Kier alpha value is -2.03. The molecule has 1 aliphatic heterocycles. The molecule has 3 aromatic rings. The lowest BCUT2D eigenvalue weighted by molar-refractivity contribution is 0.302.